The highest BCUT2D eigenvalue weighted by atomic mass is 79.9. The first-order chi connectivity index (χ1) is 9.65. The van der Waals surface area contributed by atoms with Gasteiger partial charge in [-0.25, -0.2) is 0 Å². The predicted molar refractivity (Wildman–Crippen MR) is 78.7 cm³/mol. The van der Waals surface area contributed by atoms with Crippen LogP contribution in [0.25, 0.3) is 0 Å². The summed E-state index contributed by atoms with van der Waals surface area (Å²) in [7, 11) is 1.59. The van der Waals surface area contributed by atoms with Gasteiger partial charge >= 0.3 is 0 Å². The van der Waals surface area contributed by atoms with Gasteiger partial charge in [-0.1, -0.05) is 0 Å². The quantitative estimate of drug-likeness (QED) is 0.788. The van der Waals surface area contributed by atoms with Crippen LogP contribution in [0.5, 0.6) is 5.75 Å². The van der Waals surface area contributed by atoms with Crippen LogP contribution in [0.1, 0.15) is 10.4 Å². The third-order valence-electron chi connectivity index (χ3n) is 3.35. The molecule has 106 valence electrons. The van der Waals surface area contributed by atoms with Crippen LogP contribution in [-0.2, 0) is 0 Å². The minimum atomic E-state index is 0.0185. The number of carbonyl (C=O) groups excluding carboxylic acids is 1. The normalized spacial score (nSPS) is 15.8. The van der Waals surface area contributed by atoms with Gasteiger partial charge in [0, 0.05) is 31.7 Å². The maximum Gasteiger partial charge on any atom is 0.253 e. The number of amides is 1. The van der Waals surface area contributed by atoms with Crippen LogP contribution in [0.2, 0.25) is 0 Å². The Balaban J connectivity index is 2.02. The predicted octanol–water partition coefficient (Wildman–Crippen LogP) is 1.74. The smallest absolute Gasteiger partial charge is 0.253 e. The molecule has 1 heterocycles. The van der Waals surface area contributed by atoms with Gasteiger partial charge < -0.3 is 9.64 Å². The molecule has 5 nitrogen and oxygen atoms in total. The molecule has 6 heteroatoms. The maximum absolute atomic E-state index is 12.4. The van der Waals surface area contributed by atoms with Crippen LogP contribution in [0.4, 0.5) is 0 Å². The summed E-state index contributed by atoms with van der Waals surface area (Å²) in [4.78, 5) is 16.3. The second kappa shape index (κ2) is 6.73. The standard InChI is InChI=1S/C14H16BrN3O2/c1-20-13-3-2-11(10-12(13)15)14(19)18-8-6-17(5-4-16)7-9-18/h2-3,10H,5-9H2,1H3. The highest BCUT2D eigenvalue weighted by Crippen LogP contribution is 2.26. The topological polar surface area (TPSA) is 56.6 Å². The Labute approximate surface area is 126 Å². The number of hydrogen-bond acceptors (Lipinski definition) is 4. The molecule has 2 rings (SSSR count). The van der Waals surface area contributed by atoms with Crippen molar-refractivity contribution in [2.24, 2.45) is 0 Å². The summed E-state index contributed by atoms with van der Waals surface area (Å²) < 4.78 is 5.93. The van der Waals surface area contributed by atoms with Gasteiger partial charge in [-0.3, -0.25) is 9.69 Å². The van der Waals surface area contributed by atoms with Gasteiger partial charge in [0.1, 0.15) is 5.75 Å². The van der Waals surface area contributed by atoms with Gasteiger partial charge in [0.05, 0.1) is 24.2 Å². The van der Waals surface area contributed by atoms with Crippen molar-refractivity contribution in [3.8, 4) is 11.8 Å². The van der Waals surface area contributed by atoms with E-state index in [1.54, 1.807) is 25.3 Å². The molecular weight excluding hydrogens is 322 g/mol. The molecule has 0 atom stereocenters. The number of benzene rings is 1. The first-order valence-electron chi connectivity index (χ1n) is 6.38. The third kappa shape index (κ3) is 3.30. The summed E-state index contributed by atoms with van der Waals surface area (Å²) in [5.41, 5.74) is 0.645. The van der Waals surface area contributed by atoms with Crippen molar-refractivity contribution in [1.29, 1.82) is 5.26 Å². The first-order valence-corrected chi connectivity index (χ1v) is 7.17. The molecule has 1 aromatic carbocycles. The zero-order valence-corrected chi connectivity index (χ0v) is 12.9. The van der Waals surface area contributed by atoms with Crippen molar-refractivity contribution >= 4 is 21.8 Å². The molecule has 1 aromatic rings. The molecule has 1 aliphatic heterocycles. The van der Waals surface area contributed by atoms with Crippen LogP contribution in [0.3, 0.4) is 0 Å². The van der Waals surface area contributed by atoms with E-state index >= 15 is 0 Å². The molecule has 0 aliphatic carbocycles. The molecule has 1 saturated heterocycles. The Hall–Kier alpha value is -1.58. The lowest BCUT2D eigenvalue weighted by molar-refractivity contribution is 0.0651. The van der Waals surface area contributed by atoms with Crippen molar-refractivity contribution in [3.05, 3.63) is 28.2 Å². The van der Waals surface area contributed by atoms with Crippen LogP contribution in [-0.4, -0.2) is 55.5 Å². The van der Waals surface area contributed by atoms with E-state index in [1.807, 2.05) is 9.80 Å². The fourth-order valence-electron chi connectivity index (χ4n) is 2.19. The van der Waals surface area contributed by atoms with E-state index < -0.39 is 0 Å². The fraction of sp³-hybridized carbons (Fsp3) is 0.429. The fourth-order valence-corrected chi connectivity index (χ4v) is 2.73. The minimum absolute atomic E-state index is 0.0185. The zero-order chi connectivity index (χ0) is 14.5. The van der Waals surface area contributed by atoms with Crippen molar-refractivity contribution in [3.63, 3.8) is 0 Å². The number of nitriles is 1. The second-order valence-electron chi connectivity index (χ2n) is 4.58. The van der Waals surface area contributed by atoms with Gasteiger partial charge in [0.25, 0.3) is 5.91 Å². The largest absolute Gasteiger partial charge is 0.496 e. The Morgan fingerprint density at radius 1 is 1.40 bits per heavy atom. The number of nitrogens with zero attached hydrogens (tertiary/aromatic N) is 3. The third-order valence-corrected chi connectivity index (χ3v) is 3.97. The van der Waals surface area contributed by atoms with E-state index in [2.05, 4.69) is 22.0 Å². The van der Waals surface area contributed by atoms with Crippen molar-refractivity contribution in [1.82, 2.24) is 9.80 Å². The van der Waals surface area contributed by atoms with Gasteiger partial charge in [0.2, 0.25) is 0 Å². The zero-order valence-electron chi connectivity index (χ0n) is 11.3. The van der Waals surface area contributed by atoms with Crippen LogP contribution < -0.4 is 4.74 Å². The molecule has 0 unspecified atom stereocenters. The summed E-state index contributed by atoms with van der Waals surface area (Å²) in [6.45, 7) is 3.23. The first kappa shape index (κ1) is 14.8. The highest BCUT2D eigenvalue weighted by molar-refractivity contribution is 9.10. The molecule has 0 radical (unpaired) electrons. The minimum Gasteiger partial charge on any atom is -0.496 e. The Morgan fingerprint density at radius 2 is 2.10 bits per heavy atom. The van der Waals surface area contributed by atoms with Crippen LogP contribution in [0, 0.1) is 11.3 Å². The van der Waals surface area contributed by atoms with Crippen LogP contribution in [0.15, 0.2) is 22.7 Å². The molecule has 0 spiro atoms. The lowest BCUT2D eigenvalue weighted by atomic mass is 10.1. The van der Waals surface area contributed by atoms with E-state index in [9.17, 15) is 4.79 Å². The van der Waals surface area contributed by atoms with Crippen molar-refractivity contribution in [2.45, 2.75) is 0 Å². The lowest BCUT2D eigenvalue weighted by Gasteiger charge is -2.33. The second-order valence-corrected chi connectivity index (χ2v) is 5.43. The highest BCUT2D eigenvalue weighted by Gasteiger charge is 2.22. The van der Waals surface area contributed by atoms with E-state index in [0.717, 1.165) is 17.6 Å². The molecular formula is C14H16BrN3O2. The van der Waals surface area contributed by atoms with E-state index in [0.29, 0.717) is 30.9 Å². The number of halogens is 1. The summed E-state index contributed by atoms with van der Waals surface area (Å²) in [5.74, 6) is 0.727. The molecule has 0 N–H and O–H groups in total. The van der Waals surface area contributed by atoms with E-state index in [1.165, 1.54) is 0 Å². The molecule has 20 heavy (non-hydrogen) atoms. The van der Waals surface area contributed by atoms with Crippen LogP contribution >= 0.6 is 15.9 Å². The number of methoxy groups -OCH3 is 1. The van der Waals surface area contributed by atoms with Gasteiger partial charge in [-0.05, 0) is 34.1 Å². The molecule has 1 aliphatic rings. The SMILES string of the molecule is COc1ccc(C(=O)N2CCN(CC#N)CC2)cc1Br. The summed E-state index contributed by atoms with van der Waals surface area (Å²) in [5, 5.41) is 8.66. The maximum atomic E-state index is 12.4. The monoisotopic (exact) mass is 337 g/mol. The van der Waals surface area contributed by atoms with E-state index in [4.69, 9.17) is 10.00 Å². The number of ether oxygens (including phenoxy) is 1. The van der Waals surface area contributed by atoms with Gasteiger partial charge in [-0.2, -0.15) is 5.26 Å². The van der Waals surface area contributed by atoms with Crippen molar-refractivity contribution < 1.29 is 9.53 Å². The lowest BCUT2D eigenvalue weighted by Crippen LogP contribution is -2.48. The average Bonchev–Trinajstić information content (AvgIpc) is 2.47. The Morgan fingerprint density at radius 3 is 2.65 bits per heavy atom. The number of carbonyl (C=O) groups is 1. The molecule has 0 aromatic heterocycles. The molecule has 1 fully saturated rings. The van der Waals surface area contributed by atoms with Gasteiger partial charge in [0.15, 0.2) is 0 Å². The average molecular weight is 338 g/mol. The van der Waals surface area contributed by atoms with E-state index in [-0.39, 0.29) is 5.91 Å². The molecule has 0 saturated carbocycles. The number of rotatable bonds is 3. The number of hydrogen-bond donors (Lipinski definition) is 0. The Bertz CT molecular complexity index is 534. The summed E-state index contributed by atoms with van der Waals surface area (Å²) in [6.07, 6.45) is 0. The number of piperazine rings is 1. The Kier molecular flexibility index (Phi) is 4.99. The summed E-state index contributed by atoms with van der Waals surface area (Å²) in [6, 6.07) is 7.47. The summed E-state index contributed by atoms with van der Waals surface area (Å²) >= 11 is 3.39. The van der Waals surface area contributed by atoms with Crippen molar-refractivity contribution in [2.75, 3.05) is 39.8 Å². The van der Waals surface area contributed by atoms with Gasteiger partial charge in [-0.15, -0.1) is 0 Å². The molecule has 1 amide bonds. The molecule has 0 bridgehead atoms.